The van der Waals surface area contributed by atoms with Crippen LogP contribution in [0.25, 0.3) is 11.4 Å². The third kappa shape index (κ3) is 6.14. The number of rotatable bonds is 10. The van der Waals surface area contributed by atoms with Gasteiger partial charge in [0.15, 0.2) is 4.34 Å². The van der Waals surface area contributed by atoms with Crippen LogP contribution in [0, 0.1) is 0 Å². The largest absolute Gasteiger partial charge is 0.497 e. The van der Waals surface area contributed by atoms with Crippen LogP contribution in [0.3, 0.4) is 0 Å². The summed E-state index contributed by atoms with van der Waals surface area (Å²) >= 11 is 3.00. The predicted molar refractivity (Wildman–Crippen MR) is 124 cm³/mol. The number of methoxy groups -OCH3 is 1. The molecule has 2 aromatic carbocycles. The number of hydrogen-bond acceptors (Lipinski definition) is 9. The fourth-order valence-corrected chi connectivity index (χ4v) is 4.66. The van der Waals surface area contributed by atoms with E-state index in [9.17, 15) is 4.79 Å². The standard InChI is InChI=1S/C22H21N5O3S2/c1-29-17-9-7-16(8-10-17)20-24-19(30-27-20)12-11-18(28)23-21-25-26-22(32-21)31-14-13-15-5-3-2-4-6-15/h2-10H,11-14H2,1H3,(H,23,25,28). The van der Waals surface area contributed by atoms with Crippen LogP contribution in [-0.4, -0.2) is 39.1 Å². The van der Waals surface area contributed by atoms with Crippen molar-refractivity contribution >= 4 is 34.1 Å². The van der Waals surface area contributed by atoms with Crippen LogP contribution < -0.4 is 10.1 Å². The molecule has 1 amide bonds. The lowest BCUT2D eigenvalue weighted by Crippen LogP contribution is -2.12. The molecule has 0 unspecified atom stereocenters. The van der Waals surface area contributed by atoms with Crippen molar-refractivity contribution in [3.8, 4) is 17.1 Å². The molecule has 0 fully saturated rings. The summed E-state index contributed by atoms with van der Waals surface area (Å²) in [5.74, 6) is 2.36. The number of aromatic nitrogens is 4. The molecule has 0 aliphatic heterocycles. The van der Waals surface area contributed by atoms with Gasteiger partial charge in [0.1, 0.15) is 5.75 Å². The van der Waals surface area contributed by atoms with Gasteiger partial charge in [0, 0.05) is 24.2 Å². The first-order chi connectivity index (χ1) is 15.7. The molecule has 1 N–H and O–H groups in total. The molecule has 0 aliphatic carbocycles. The average Bonchev–Trinajstić information content (AvgIpc) is 3.48. The first-order valence-electron chi connectivity index (χ1n) is 9.96. The number of hydrogen-bond donors (Lipinski definition) is 1. The minimum absolute atomic E-state index is 0.175. The van der Waals surface area contributed by atoms with Gasteiger partial charge < -0.3 is 14.6 Å². The third-order valence-corrected chi connectivity index (χ3v) is 6.47. The van der Waals surface area contributed by atoms with E-state index in [0.29, 0.717) is 23.3 Å². The summed E-state index contributed by atoms with van der Waals surface area (Å²) in [4.78, 5) is 16.6. The summed E-state index contributed by atoms with van der Waals surface area (Å²) in [5, 5.41) is 15.4. The maximum atomic E-state index is 12.3. The summed E-state index contributed by atoms with van der Waals surface area (Å²) in [7, 11) is 1.61. The number of nitrogens with zero attached hydrogens (tertiary/aromatic N) is 4. The lowest BCUT2D eigenvalue weighted by molar-refractivity contribution is -0.116. The van der Waals surface area contributed by atoms with Gasteiger partial charge in [-0.25, -0.2) is 0 Å². The fourth-order valence-electron chi connectivity index (χ4n) is 2.84. The highest BCUT2D eigenvalue weighted by molar-refractivity contribution is 8.01. The van der Waals surface area contributed by atoms with E-state index >= 15 is 0 Å². The Morgan fingerprint density at radius 1 is 1.09 bits per heavy atom. The molecule has 32 heavy (non-hydrogen) atoms. The average molecular weight is 468 g/mol. The molecule has 2 heterocycles. The van der Waals surface area contributed by atoms with Gasteiger partial charge in [-0.15, -0.1) is 10.2 Å². The number of carbonyl (C=O) groups is 1. The molecule has 4 aromatic rings. The van der Waals surface area contributed by atoms with Gasteiger partial charge in [0.05, 0.1) is 7.11 Å². The Balaban J connectivity index is 1.22. The second-order valence-electron chi connectivity index (χ2n) is 6.75. The van der Waals surface area contributed by atoms with Gasteiger partial charge in [-0.3, -0.25) is 4.79 Å². The molecule has 0 bridgehead atoms. The van der Waals surface area contributed by atoms with Crippen molar-refractivity contribution in [2.45, 2.75) is 23.6 Å². The van der Waals surface area contributed by atoms with Crippen LogP contribution in [0.1, 0.15) is 17.9 Å². The van der Waals surface area contributed by atoms with Crippen molar-refractivity contribution in [3.05, 3.63) is 66.1 Å². The molecule has 10 heteroatoms. The van der Waals surface area contributed by atoms with Crippen molar-refractivity contribution in [2.75, 3.05) is 18.2 Å². The summed E-state index contributed by atoms with van der Waals surface area (Å²) in [5.41, 5.74) is 2.10. The van der Waals surface area contributed by atoms with E-state index in [1.54, 1.807) is 18.9 Å². The van der Waals surface area contributed by atoms with E-state index in [-0.39, 0.29) is 12.3 Å². The normalized spacial score (nSPS) is 10.8. The maximum absolute atomic E-state index is 12.3. The van der Waals surface area contributed by atoms with Gasteiger partial charge in [0.25, 0.3) is 0 Å². The van der Waals surface area contributed by atoms with E-state index in [1.165, 1.54) is 16.9 Å². The predicted octanol–water partition coefficient (Wildman–Crippen LogP) is 4.50. The Hall–Kier alpha value is -3.24. The van der Waals surface area contributed by atoms with Crippen LogP contribution >= 0.6 is 23.1 Å². The topological polar surface area (TPSA) is 103 Å². The molecule has 0 saturated carbocycles. The molecule has 0 aliphatic rings. The summed E-state index contributed by atoms with van der Waals surface area (Å²) in [6.07, 6.45) is 1.50. The maximum Gasteiger partial charge on any atom is 0.227 e. The van der Waals surface area contributed by atoms with Crippen LogP contribution in [0.15, 0.2) is 63.5 Å². The summed E-state index contributed by atoms with van der Waals surface area (Å²) in [6, 6.07) is 17.7. The quantitative estimate of drug-likeness (QED) is 0.269. The highest BCUT2D eigenvalue weighted by atomic mass is 32.2. The van der Waals surface area contributed by atoms with Crippen LogP contribution in [0.4, 0.5) is 5.13 Å². The van der Waals surface area contributed by atoms with Crippen molar-refractivity contribution in [2.24, 2.45) is 0 Å². The van der Waals surface area contributed by atoms with E-state index in [2.05, 4.69) is 37.8 Å². The Labute approximate surface area is 193 Å². The van der Waals surface area contributed by atoms with Crippen molar-refractivity contribution in [1.82, 2.24) is 20.3 Å². The second-order valence-corrected chi connectivity index (χ2v) is 9.07. The van der Waals surface area contributed by atoms with Gasteiger partial charge in [-0.05, 0) is 36.2 Å². The third-order valence-electron chi connectivity index (χ3n) is 4.49. The lowest BCUT2D eigenvalue weighted by Gasteiger charge is -1.99. The molecule has 4 rings (SSSR count). The highest BCUT2D eigenvalue weighted by Crippen LogP contribution is 2.26. The number of amides is 1. The minimum Gasteiger partial charge on any atom is -0.497 e. The smallest absolute Gasteiger partial charge is 0.227 e. The molecule has 0 spiro atoms. The SMILES string of the molecule is COc1ccc(-c2noc(CCC(=O)Nc3nnc(SCCc4ccccc4)s3)n2)cc1. The lowest BCUT2D eigenvalue weighted by atomic mass is 10.2. The van der Waals surface area contributed by atoms with Crippen molar-refractivity contribution in [1.29, 1.82) is 0 Å². The monoisotopic (exact) mass is 467 g/mol. The van der Waals surface area contributed by atoms with Crippen molar-refractivity contribution < 1.29 is 14.1 Å². The zero-order valence-corrected chi connectivity index (χ0v) is 19.0. The molecule has 0 saturated heterocycles. The molecule has 8 nitrogen and oxygen atoms in total. The van der Waals surface area contributed by atoms with E-state index < -0.39 is 0 Å². The number of aryl methyl sites for hydroxylation is 2. The number of anilines is 1. The molecule has 164 valence electrons. The Bertz CT molecular complexity index is 1150. The molecular weight excluding hydrogens is 446 g/mol. The van der Waals surface area contributed by atoms with E-state index in [4.69, 9.17) is 9.26 Å². The zero-order valence-electron chi connectivity index (χ0n) is 17.4. The summed E-state index contributed by atoms with van der Waals surface area (Å²) in [6.45, 7) is 0. The van der Waals surface area contributed by atoms with Crippen molar-refractivity contribution in [3.63, 3.8) is 0 Å². The Kier molecular flexibility index (Phi) is 7.47. The number of benzene rings is 2. The zero-order chi connectivity index (χ0) is 22.2. The minimum atomic E-state index is -0.175. The first kappa shape index (κ1) is 22.0. The number of nitrogens with one attached hydrogen (secondary N) is 1. The Morgan fingerprint density at radius 2 is 1.91 bits per heavy atom. The van der Waals surface area contributed by atoms with Gasteiger partial charge >= 0.3 is 0 Å². The first-order valence-corrected chi connectivity index (χ1v) is 11.8. The van der Waals surface area contributed by atoms with Crippen LogP contribution in [-0.2, 0) is 17.6 Å². The van der Waals surface area contributed by atoms with Gasteiger partial charge in [0.2, 0.25) is 22.8 Å². The van der Waals surface area contributed by atoms with Crippen LogP contribution in [0.2, 0.25) is 0 Å². The second kappa shape index (κ2) is 10.9. The molecule has 0 radical (unpaired) electrons. The van der Waals surface area contributed by atoms with Crippen LogP contribution in [0.5, 0.6) is 5.75 Å². The number of thioether (sulfide) groups is 1. The highest BCUT2D eigenvalue weighted by Gasteiger charge is 2.13. The van der Waals surface area contributed by atoms with E-state index in [1.807, 2.05) is 42.5 Å². The summed E-state index contributed by atoms with van der Waals surface area (Å²) < 4.78 is 11.2. The molecular formula is C22H21N5O3S2. The fraction of sp³-hybridized carbons (Fsp3) is 0.227. The molecule has 0 atom stereocenters. The van der Waals surface area contributed by atoms with Gasteiger partial charge in [-0.2, -0.15) is 4.98 Å². The van der Waals surface area contributed by atoms with E-state index in [0.717, 1.165) is 27.8 Å². The Morgan fingerprint density at radius 3 is 2.69 bits per heavy atom. The molecule has 2 aromatic heterocycles. The number of ether oxygens (including phenoxy) is 1. The number of carbonyl (C=O) groups excluding carboxylic acids is 1. The van der Waals surface area contributed by atoms with Gasteiger partial charge in [-0.1, -0.05) is 58.6 Å².